The minimum absolute atomic E-state index is 0.00231. The van der Waals surface area contributed by atoms with Gasteiger partial charge in [-0.3, -0.25) is 4.55 Å². The predicted molar refractivity (Wildman–Crippen MR) is 47.2 cm³/mol. The van der Waals surface area contributed by atoms with E-state index in [9.17, 15) is 8.42 Å². The van der Waals surface area contributed by atoms with E-state index >= 15 is 0 Å². The zero-order valence-electron chi connectivity index (χ0n) is 6.19. The Morgan fingerprint density at radius 1 is 1.31 bits per heavy atom. The van der Waals surface area contributed by atoms with Gasteiger partial charge < -0.3 is 0 Å². The summed E-state index contributed by atoms with van der Waals surface area (Å²) in [5.74, 6) is 0. The molecule has 1 unspecified atom stereocenters. The van der Waals surface area contributed by atoms with E-state index in [0.717, 1.165) is 12.7 Å². The molecule has 2 heterocycles. The molecule has 2 aliphatic heterocycles. The SMILES string of the molecule is O=S(=O)(O)C12N=CN=CC1=NC=N2. The third-order valence-electron chi connectivity index (χ3n) is 1.62. The highest BCUT2D eigenvalue weighted by Crippen LogP contribution is 2.26. The second-order valence-electron chi connectivity index (χ2n) is 2.36. The Morgan fingerprint density at radius 2 is 2.00 bits per heavy atom. The number of hydrogen-bond acceptors (Lipinski definition) is 6. The van der Waals surface area contributed by atoms with E-state index in [0.29, 0.717) is 0 Å². The maximum atomic E-state index is 11.0. The van der Waals surface area contributed by atoms with Crippen LogP contribution in [-0.4, -0.2) is 42.6 Å². The van der Waals surface area contributed by atoms with Gasteiger partial charge in [-0.05, 0) is 0 Å². The molecule has 0 aromatic carbocycles. The Kier molecular flexibility index (Phi) is 1.45. The first-order valence-corrected chi connectivity index (χ1v) is 4.66. The lowest BCUT2D eigenvalue weighted by Gasteiger charge is -2.18. The molecule has 0 spiro atoms. The van der Waals surface area contributed by atoms with Gasteiger partial charge in [0.15, 0.2) is 0 Å². The summed E-state index contributed by atoms with van der Waals surface area (Å²) in [6.07, 6.45) is 3.22. The lowest BCUT2D eigenvalue weighted by Crippen LogP contribution is -2.43. The Bertz CT molecular complexity index is 460. The molecule has 0 radical (unpaired) electrons. The summed E-state index contributed by atoms with van der Waals surface area (Å²) in [5.41, 5.74) is -0.00231. The molecule has 13 heavy (non-hydrogen) atoms. The van der Waals surface area contributed by atoms with Gasteiger partial charge in [0.25, 0.3) is 0 Å². The normalized spacial score (nSPS) is 30.4. The summed E-state index contributed by atoms with van der Waals surface area (Å²) in [5, 5.41) is 0. The third kappa shape index (κ3) is 0.956. The first kappa shape index (κ1) is 8.20. The standard InChI is InChI=1S/C5H4N4O3S/c10-13(11,12)5-4(7-3-9-5)1-6-2-8-5/h1-3H,(H,10,11,12). The van der Waals surface area contributed by atoms with Crippen LogP contribution in [0.3, 0.4) is 0 Å². The first-order chi connectivity index (χ1) is 6.06. The molecular weight excluding hydrogens is 196 g/mol. The quantitative estimate of drug-likeness (QED) is 0.556. The van der Waals surface area contributed by atoms with Gasteiger partial charge >= 0.3 is 15.1 Å². The summed E-state index contributed by atoms with van der Waals surface area (Å²) < 4.78 is 30.9. The molecule has 2 aliphatic rings. The van der Waals surface area contributed by atoms with Crippen molar-refractivity contribution in [1.29, 1.82) is 0 Å². The van der Waals surface area contributed by atoms with Gasteiger partial charge in [0.1, 0.15) is 18.4 Å². The highest BCUT2D eigenvalue weighted by Gasteiger charge is 2.50. The highest BCUT2D eigenvalue weighted by molar-refractivity contribution is 7.88. The molecule has 0 aromatic heterocycles. The number of hydrogen-bond donors (Lipinski definition) is 1. The zero-order chi connectivity index (χ0) is 9.53. The molecular formula is C5H4N4O3S. The van der Waals surface area contributed by atoms with Crippen LogP contribution in [0.2, 0.25) is 0 Å². The zero-order valence-corrected chi connectivity index (χ0v) is 7.01. The molecule has 0 aromatic rings. The molecule has 7 nitrogen and oxygen atoms in total. The summed E-state index contributed by atoms with van der Waals surface area (Å²) in [6, 6.07) is 0. The van der Waals surface area contributed by atoms with Crippen molar-refractivity contribution < 1.29 is 13.0 Å². The van der Waals surface area contributed by atoms with Crippen molar-refractivity contribution in [3.05, 3.63) is 0 Å². The van der Waals surface area contributed by atoms with Crippen molar-refractivity contribution >= 4 is 34.7 Å². The average molecular weight is 200 g/mol. The molecule has 2 rings (SSSR count). The Labute approximate surface area is 73.4 Å². The summed E-state index contributed by atoms with van der Waals surface area (Å²) in [6.45, 7) is 0. The summed E-state index contributed by atoms with van der Waals surface area (Å²) in [4.78, 5) is 12.2. The van der Waals surface area contributed by atoms with E-state index in [4.69, 9.17) is 4.55 Å². The second kappa shape index (κ2) is 2.30. The van der Waals surface area contributed by atoms with Crippen molar-refractivity contribution in [2.75, 3.05) is 0 Å². The summed E-state index contributed by atoms with van der Waals surface area (Å²) >= 11 is 0. The van der Waals surface area contributed by atoms with Gasteiger partial charge in [-0.2, -0.15) is 8.42 Å². The largest absolute Gasteiger partial charge is 0.325 e. The van der Waals surface area contributed by atoms with E-state index in [1.807, 2.05) is 0 Å². The van der Waals surface area contributed by atoms with Gasteiger partial charge in [0.2, 0.25) is 0 Å². The Hall–Kier alpha value is -1.41. The van der Waals surface area contributed by atoms with Crippen LogP contribution in [0.1, 0.15) is 0 Å². The third-order valence-corrected chi connectivity index (χ3v) is 2.76. The first-order valence-electron chi connectivity index (χ1n) is 3.22. The number of aliphatic imine (C=N–C) groups is 4. The monoisotopic (exact) mass is 200 g/mol. The fourth-order valence-corrected chi connectivity index (χ4v) is 1.75. The molecule has 8 heteroatoms. The van der Waals surface area contributed by atoms with Gasteiger partial charge in [0.05, 0.1) is 6.21 Å². The molecule has 68 valence electrons. The Morgan fingerprint density at radius 3 is 2.62 bits per heavy atom. The van der Waals surface area contributed by atoms with Gasteiger partial charge in [-0.1, -0.05) is 0 Å². The van der Waals surface area contributed by atoms with Crippen LogP contribution in [0.5, 0.6) is 0 Å². The van der Waals surface area contributed by atoms with E-state index in [1.165, 1.54) is 6.21 Å². The lowest BCUT2D eigenvalue weighted by atomic mass is 10.3. The van der Waals surface area contributed by atoms with Crippen LogP contribution in [-0.2, 0) is 10.1 Å². The van der Waals surface area contributed by atoms with E-state index in [2.05, 4.69) is 20.0 Å². The van der Waals surface area contributed by atoms with Crippen molar-refractivity contribution in [1.82, 2.24) is 0 Å². The molecule has 0 aliphatic carbocycles. The van der Waals surface area contributed by atoms with Crippen LogP contribution in [0.15, 0.2) is 20.0 Å². The minimum Gasteiger partial charge on any atom is -0.282 e. The Balaban J connectivity index is 2.67. The topological polar surface area (TPSA) is 104 Å². The van der Waals surface area contributed by atoms with Crippen LogP contribution >= 0.6 is 0 Å². The molecule has 0 fully saturated rings. The van der Waals surface area contributed by atoms with Crippen LogP contribution < -0.4 is 0 Å². The molecule has 0 bridgehead atoms. The maximum absolute atomic E-state index is 11.0. The van der Waals surface area contributed by atoms with E-state index in [1.54, 1.807) is 0 Å². The van der Waals surface area contributed by atoms with Gasteiger partial charge in [-0.25, -0.2) is 20.0 Å². The van der Waals surface area contributed by atoms with Crippen molar-refractivity contribution in [3.8, 4) is 0 Å². The molecule has 0 saturated heterocycles. The molecule has 1 atom stereocenters. The summed E-state index contributed by atoms with van der Waals surface area (Å²) in [7, 11) is -4.44. The molecule has 0 saturated carbocycles. The van der Waals surface area contributed by atoms with Gasteiger partial charge in [-0.15, -0.1) is 0 Å². The highest BCUT2D eigenvalue weighted by atomic mass is 32.2. The van der Waals surface area contributed by atoms with E-state index < -0.39 is 15.1 Å². The molecule has 0 amide bonds. The minimum atomic E-state index is -4.44. The fourth-order valence-electron chi connectivity index (χ4n) is 1.02. The van der Waals surface area contributed by atoms with Crippen molar-refractivity contribution in [2.24, 2.45) is 20.0 Å². The van der Waals surface area contributed by atoms with E-state index in [-0.39, 0.29) is 5.71 Å². The fraction of sp³-hybridized carbons (Fsp3) is 0.200. The lowest BCUT2D eigenvalue weighted by molar-refractivity contribution is 0.459. The number of nitrogens with zero attached hydrogens (tertiary/aromatic N) is 4. The van der Waals surface area contributed by atoms with Crippen LogP contribution in [0.4, 0.5) is 0 Å². The molecule has 1 N–H and O–H groups in total. The van der Waals surface area contributed by atoms with Gasteiger partial charge in [0, 0.05) is 0 Å². The van der Waals surface area contributed by atoms with Crippen LogP contribution in [0.25, 0.3) is 0 Å². The smallest absolute Gasteiger partial charge is 0.282 e. The average Bonchev–Trinajstić information content (AvgIpc) is 2.46. The predicted octanol–water partition coefficient (Wildman–Crippen LogP) is -0.876. The number of rotatable bonds is 1. The maximum Gasteiger partial charge on any atom is 0.325 e. The number of fused-ring (bicyclic) bond motifs is 1. The van der Waals surface area contributed by atoms with Crippen LogP contribution in [0, 0.1) is 0 Å². The van der Waals surface area contributed by atoms with Crippen molar-refractivity contribution in [3.63, 3.8) is 0 Å². The second-order valence-corrected chi connectivity index (χ2v) is 3.88. The van der Waals surface area contributed by atoms with Crippen molar-refractivity contribution in [2.45, 2.75) is 4.99 Å².